The highest BCUT2D eigenvalue weighted by Gasteiger charge is 2.62. The largest absolute Gasteiger partial charge is 0.477 e. The molecule has 0 aromatic rings. The zero-order valence-electron chi connectivity index (χ0n) is 41.8. The monoisotopic (exact) mass is 1140 g/mol. The maximum atomic E-state index is 13.5. The Balaban J connectivity index is 1.43. The number of ether oxygens (including phenoxy) is 11. The molecule has 0 saturated carbocycles. The predicted octanol–water partition coefficient (Wildman–Crippen LogP) is -13.6. The average molecular weight is 1150 g/mol. The van der Waals surface area contributed by atoms with E-state index in [4.69, 9.17) is 52.1 Å². The standard InChI is InChI=1S/C43H72N2O33/c1-10-21(55)25(59)29(63)39(68-10)76-36-26(60)23(57)15(6-47)71-41(36)75-33-20(45-12(3)52)38(70-16(7-48)24(33)58)74-32-18(9-50)72-40(73-31-17(8-49)69-37(65)28(62)27(31)61)30(64)35(32)78-43(42(66)67)4-13(53)19(44-11(2)51)34(77-43)22(56)14(54)5-46/h10,13-41,46-50,53-65H,4-9H2,1-3H3,(H,44,51)(H,45,52)(H,66,67)/t10-,13-,14+,15+,16+,17+,18+,19+,20+,21+,22+,23-,24-,25+,26-,27+,28+,29-,30+,31+,32-,33+,34+,35+,36+,37+,38-,39-,40-,41-,43-/m0/s1. The Bertz CT molecular complexity index is 1950. The SMILES string of the molecule is CC(=O)N[C@H]1[C@H](O[C@@H]2[C@H](O[C@]3(C(=O)O)C[C@H](O)[C@@H](NC(C)=O)[C@H]([C@H](O)[C@H](O)CO)O3)[C@@H](O)[C@H](O[C@H]3[C@H](O)[C@@H](O)[C@H](O)O[C@@H]3CO)O[C@@H]2CO)O[C@H](CO)[C@H](O)[C@@H]1O[C@@H]1O[C@H](CO)[C@H](O)[C@H](O)[C@H]1O[C@@H]1O[C@@H](C)[C@@H](O)[C@@H](O)[C@@H]1O. The second-order valence-electron chi connectivity index (χ2n) is 19.6. The third-order valence-corrected chi connectivity index (χ3v) is 14.2. The van der Waals surface area contributed by atoms with Gasteiger partial charge in [0.15, 0.2) is 31.5 Å². The van der Waals surface area contributed by atoms with Crippen molar-refractivity contribution >= 4 is 17.8 Å². The minimum Gasteiger partial charge on any atom is -0.477 e. The molecule has 31 atom stereocenters. The van der Waals surface area contributed by atoms with Gasteiger partial charge in [-0.15, -0.1) is 0 Å². The number of hydrogen-bond donors (Lipinski definition) is 21. The van der Waals surface area contributed by atoms with Gasteiger partial charge in [0.2, 0.25) is 11.8 Å². The predicted molar refractivity (Wildman–Crippen MR) is 238 cm³/mol. The maximum absolute atomic E-state index is 13.5. The van der Waals surface area contributed by atoms with Crippen LogP contribution in [0.15, 0.2) is 0 Å². The zero-order valence-corrected chi connectivity index (χ0v) is 41.8. The van der Waals surface area contributed by atoms with Crippen molar-refractivity contribution in [3.05, 3.63) is 0 Å². The molecule has 0 bridgehead atoms. The fourth-order valence-electron chi connectivity index (χ4n) is 9.95. The first-order chi connectivity index (χ1) is 36.7. The number of aliphatic hydroxyl groups is 18. The molecule has 0 radical (unpaired) electrons. The van der Waals surface area contributed by atoms with Crippen molar-refractivity contribution in [3.63, 3.8) is 0 Å². The number of amides is 2. The van der Waals surface area contributed by atoms with Gasteiger partial charge in [0.05, 0.1) is 51.3 Å². The summed E-state index contributed by atoms with van der Waals surface area (Å²) in [4.78, 5) is 38.9. The summed E-state index contributed by atoms with van der Waals surface area (Å²) in [6, 6.07) is -3.74. The van der Waals surface area contributed by atoms with Crippen molar-refractivity contribution in [2.75, 3.05) is 33.0 Å². The lowest BCUT2D eigenvalue weighted by Crippen LogP contribution is -2.72. The molecule has 35 heteroatoms. The van der Waals surface area contributed by atoms with E-state index in [2.05, 4.69) is 10.6 Å². The van der Waals surface area contributed by atoms with E-state index in [1.807, 2.05) is 0 Å². The number of carboxylic acid groups (broad SMARTS) is 1. The normalized spacial score (nSPS) is 48.1. The summed E-state index contributed by atoms with van der Waals surface area (Å²) in [5, 5.41) is 209. The van der Waals surface area contributed by atoms with E-state index in [-0.39, 0.29) is 0 Å². The number of aliphatic hydroxyl groups excluding tert-OH is 18. The topological polar surface area (TPSA) is 561 Å². The van der Waals surface area contributed by atoms with E-state index in [9.17, 15) is 111 Å². The van der Waals surface area contributed by atoms with Crippen LogP contribution in [-0.4, -0.2) is 338 Å². The van der Waals surface area contributed by atoms with Gasteiger partial charge in [0.25, 0.3) is 5.79 Å². The Labute approximate surface area is 441 Å². The smallest absolute Gasteiger partial charge is 0.364 e. The van der Waals surface area contributed by atoms with Crippen molar-refractivity contribution < 1.29 is 164 Å². The van der Waals surface area contributed by atoms with Gasteiger partial charge in [-0.05, 0) is 6.92 Å². The van der Waals surface area contributed by atoms with Crippen LogP contribution in [0.1, 0.15) is 27.2 Å². The average Bonchev–Trinajstić information content (AvgIpc) is 3.50. The number of carbonyl (C=O) groups excluding carboxylic acids is 2. The molecule has 6 heterocycles. The quantitative estimate of drug-likeness (QED) is 0.0538. The summed E-state index contributed by atoms with van der Waals surface area (Å²) in [7, 11) is 0. The third kappa shape index (κ3) is 13.5. The summed E-state index contributed by atoms with van der Waals surface area (Å²) in [5.41, 5.74) is 0. The Morgan fingerprint density at radius 3 is 1.60 bits per heavy atom. The van der Waals surface area contributed by atoms with Gasteiger partial charge in [0, 0.05) is 20.3 Å². The van der Waals surface area contributed by atoms with Crippen LogP contribution in [0.5, 0.6) is 0 Å². The van der Waals surface area contributed by atoms with Crippen LogP contribution in [0.25, 0.3) is 0 Å². The molecule has 6 aliphatic heterocycles. The molecule has 0 aromatic carbocycles. The first kappa shape index (κ1) is 64.4. The minimum atomic E-state index is -3.38. The lowest BCUT2D eigenvalue weighted by molar-refractivity contribution is -0.405. The number of aliphatic carboxylic acids is 1. The molecule has 6 rings (SSSR count). The van der Waals surface area contributed by atoms with Crippen LogP contribution < -0.4 is 10.6 Å². The zero-order chi connectivity index (χ0) is 58.0. The second kappa shape index (κ2) is 27.1. The number of hydrogen-bond acceptors (Lipinski definition) is 32. The minimum absolute atomic E-state index is 0.879. The first-order valence-electron chi connectivity index (χ1n) is 24.6. The molecule has 6 aliphatic rings. The van der Waals surface area contributed by atoms with Crippen molar-refractivity contribution in [2.24, 2.45) is 0 Å². The fraction of sp³-hybridized carbons (Fsp3) is 0.930. The van der Waals surface area contributed by atoms with E-state index in [1.54, 1.807) is 0 Å². The molecular weight excluding hydrogens is 1070 g/mol. The Morgan fingerprint density at radius 2 is 1.03 bits per heavy atom. The molecule has 6 saturated heterocycles. The molecular formula is C43H72N2O33. The number of carbonyl (C=O) groups is 3. The highest BCUT2D eigenvalue weighted by atomic mass is 16.8. The highest BCUT2D eigenvalue weighted by molar-refractivity contribution is 5.76. The summed E-state index contributed by atoms with van der Waals surface area (Å²) < 4.78 is 63.9. The third-order valence-electron chi connectivity index (χ3n) is 14.2. The van der Waals surface area contributed by atoms with Crippen LogP contribution in [0.4, 0.5) is 0 Å². The van der Waals surface area contributed by atoms with Crippen molar-refractivity contribution in [1.82, 2.24) is 10.6 Å². The van der Waals surface area contributed by atoms with Gasteiger partial charge in [-0.2, -0.15) is 0 Å². The van der Waals surface area contributed by atoms with E-state index in [0.717, 1.165) is 13.8 Å². The van der Waals surface area contributed by atoms with Gasteiger partial charge >= 0.3 is 5.97 Å². The van der Waals surface area contributed by atoms with E-state index >= 15 is 0 Å². The van der Waals surface area contributed by atoms with Crippen LogP contribution in [-0.2, 0) is 66.5 Å². The lowest BCUT2D eigenvalue weighted by Gasteiger charge is -2.53. The fourth-order valence-corrected chi connectivity index (χ4v) is 9.95. The number of nitrogens with one attached hydrogen (secondary N) is 2. The summed E-state index contributed by atoms with van der Waals surface area (Å²) in [5.74, 6) is -7.40. The van der Waals surface area contributed by atoms with Crippen LogP contribution >= 0.6 is 0 Å². The van der Waals surface area contributed by atoms with Crippen LogP contribution in [0.2, 0.25) is 0 Å². The Kier molecular flexibility index (Phi) is 22.4. The molecule has 6 fully saturated rings. The van der Waals surface area contributed by atoms with E-state index in [1.165, 1.54) is 6.92 Å². The van der Waals surface area contributed by atoms with Crippen molar-refractivity contribution in [2.45, 2.75) is 217 Å². The Morgan fingerprint density at radius 1 is 0.526 bits per heavy atom. The molecule has 0 aromatic heterocycles. The van der Waals surface area contributed by atoms with Gasteiger partial charge < -0.3 is 160 Å². The summed E-state index contributed by atoms with van der Waals surface area (Å²) >= 11 is 0. The first-order valence-corrected chi connectivity index (χ1v) is 24.6. The van der Waals surface area contributed by atoms with Gasteiger partial charge in [0.1, 0.15) is 134 Å². The molecule has 21 N–H and O–H groups in total. The molecule has 2 amide bonds. The second-order valence-corrected chi connectivity index (χ2v) is 19.6. The van der Waals surface area contributed by atoms with E-state index < -0.39 is 247 Å². The van der Waals surface area contributed by atoms with Crippen molar-refractivity contribution in [3.8, 4) is 0 Å². The van der Waals surface area contributed by atoms with E-state index in [0.29, 0.717) is 0 Å². The van der Waals surface area contributed by atoms with Crippen molar-refractivity contribution in [1.29, 1.82) is 0 Å². The summed E-state index contributed by atoms with van der Waals surface area (Å²) in [6.45, 7) is -2.51. The maximum Gasteiger partial charge on any atom is 0.364 e. The van der Waals surface area contributed by atoms with Crippen LogP contribution in [0.3, 0.4) is 0 Å². The number of rotatable bonds is 20. The molecule has 452 valence electrons. The van der Waals surface area contributed by atoms with Gasteiger partial charge in [-0.3, -0.25) is 9.59 Å². The van der Waals surface area contributed by atoms with Crippen LogP contribution in [0, 0.1) is 0 Å². The van der Waals surface area contributed by atoms with Gasteiger partial charge in [-0.1, -0.05) is 0 Å². The van der Waals surface area contributed by atoms with Gasteiger partial charge in [-0.25, -0.2) is 4.79 Å². The number of carboxylic acids is 1. The Hall–Kier alpha value is -2.75. The highest BCUT2D eigenvalue weighted by Crippen LogP contribution is 2.41. The molecule has 0 unspecified atom stereocenters. The lowest BCUT2D eigenvalue weighted by atomic mass is 9.88. The molecule has 78 heavy (non-hydrogen) atoms. The molecule has 0 spiro atoms. The molecule has 0 aliphatic carbocycles. The summed E-state index contributed by atoms with van der Waals surface area (Å²) in [6.07, 6.45) is -58.8. The molecule has 35 nitrogen and oxygen atoms in total.